The Bertz CT molecular complexity index is 155. The lowest BCUT2D eigenvalue weighted by molar-refractivity contribution is 0.0790. The molecule has 90 valence electrons. The van der Waals surface area contributed by atoms with Gasteiger partial charge in [-0.25, -0.2) is 0 Å². The number of hydrogen-bond donors (Lipinski definition) is 3. The van der Waals surface area contributed by atoms with E-state index < -0.39 is 0 Å². The van der Waals surface area contributed by atoms with Crippen LogP contribution in [-0.2, 0) is 4.74 Å². The lowest BCUT2D eigenvalue weighted by atomic mass is 9.92. The average molecular weight is 217 g/mol. The Labute approximate surface area is 91.6 Å². The van der Waals surface area contributed by atoms with E-state index in [1.54, 1.807) is 0 Å². The van der Waals surface area contributed by atoms with Crippen molar-refractivity contribution in [3.63, 3.8) is 0 Å². The second-order valence-electron chi connectivity index (χ2n) is 4.10. The predicted octanol–water partition coefficient (Wildman–Crippen LogP) is 0.278. The van der Waals surface area contributed by atoms with Crippen LogP contribution in [0.15, 0.2) is 0 Å². The summed E-state index contributed by atoms with van der Waals surface area (Å²) in [4.78, 5) is 0. The van der Waals surface area contributed by atoms with Crippen LogP contribution < -0.4 is 5.32 Å². The molecule has 0 saturated heterocycles. The number of aliphatic hydroxyl groups is 2. The maximum absolute atomic E-state index is 9.68. The quantitative estimate of drug-likeness (QED) is 0.536. The monoisotopic (exact) mass is 217 g/mol. The molecule has 1 fully saturated rings. The first-order valence-electron chi connectivity index (χ1n) is 5.94. The molecular weight excluding hydrogens is 194 g/mol. The van der Waals surface area contributed by atoms with E-state index in [9.17, 15) is 5.11 Å². The number of aliphatic hydroxyl groups excluding tert-OH is 2. The van der Waals surface area contributed by atoms with E-state index in [-0.39, 0.29) is 18.8 Å². The highest BCUT2D eigenvalue weighted by Gasteiger charge is 2.21. The summed E-state index contributed by atoms with van der Waals surface area (Å²) in [5.74, 6) is 0. The van der Waals surface area contributed by atoms with Gasteiger partial charge in [-0.1, -0.05) is 12.8 Å². The molecule has 1 aliphatic carbocycles. The lowest BCUT2D eigenvalue weighted by Crippen LogP contribution is -2.42. The maximum Gasteiger partial charge on any atom is 0.0697 e. The van der Waals surface area contributed by atoms with Crippen molar-refractivity contribution in [2.75, 3.05) is 26.4 Å². The first kappa shape index (κ1) is 12.9. The van der Waals surface area contributed by atoms with Crippen LogP contribution in [0.5, 0.6) is 0 Å². The minimum atomic E-state index is -0.169. The molecule has 1 rings (SSSR count). The molecule has 0 aromatic rings. The van der Waals surface area contributed by atoms with Crippen LogP contribution in [0.2, 0.25) is 0 Å². The van der Waals surface area contributed by atoms with Gasteiger partial charge in [-0.3, -0.25) is 0 Å². The summed E-state index contributed by atoms with van der Waals surface area (Å²) in [6.07, 6.45) is 5.15. The van der Waals surface area contributed by atoms with Gasteiger partial charge in [0.25, 0.3) is 0 Å². The molecule has 0 amide bonds. The predicted molar refractivity (Wildman–Crippen MR) is 58.8 cm³/mol. The third-order valence-electron chi connectivity index (χ3n) is 2.84. The Balaban J connectivity index is 1.94. The number of nitrogens with one attached hydrogen (secondary N) is 1. The Kier molecular flexibility index (Phi) is 6.92. The van der Waals surface area contributed by atoms with Gasteiger partial charge < -0.3 is 20.3 Å². The van der Waals surface area contributed by atoms with Crippen molar-refractivity contribution in [3.8, 4) is 0 Å². The summed E-state index contributed by atoms with van der Waals surface area (Å²) < 4.78 is 5.15. The van der Waals surface area contributed by atoms with Crippen LogP contribution in [-0.4, -0.2) is 48.7 Å². The molecule has 3 N–H and O–H groups in total. The minimum absolute atomic E-state index is 0.0920. The summed E-state index contributed by atoms with van der Waals surface area (Å²) >= 11 is 0. The highest BCUT2D eigenvalue weighted by atomic mass is 16.5. The van der Waals surface area contributed by atoms with Crippen molar-refractivity contribution in [1.29, 1.82) is 0 Å². The van der Waals surface area contributed by atoms with Gasteiger partial charge >= 0.3 is 0 Å². The fourth-order valence-corrected chi connectivity index (χ4v) is 1.98. The molecule has 0 heterocycles. The Morgan fingerprint density at radius 1 is 1.20 bits per heavy atom. The first-order chi connectivity index (χ1) is 7.34. The van der Waals surface area contributed by atoms with Gasteiger partial charge in [-0.05, 0) is 25.8 Å². The highest BCUT2D eigenvalue weighted by Crippen LogP contribution is 2.18. The molecule has 0 bridgehead atoms. The van der Waals surface area contributed by atoms with E-state index in [2.05, 4.69) is 5.32 Å². The zero-order chi connectivity index (χ0) is 10.9. The summed E-state index contributed by atoms with van der Waals surface area (Å²) in [7, 11) is 0. The van der Waals surface area contributed by atoms with E-state index in [0.29, 0.717) is 13.2 Å². The second kappa shape index (κ2) is 8.05. The van der Waals surface area contributed by atoms with Gasteiger partial charge in [0.05, 0.1) is 19.3 Å². The van der Waals surface area contributed by atoms with Crippen LogP contribution in [0.25, 0.3) is 0 Å². The molecule has 2 atom stereocenters. The molecule has 0 radical (unpaired) electrons. The zero-order valence-electron chi connectivity index (χ0n) is 9.32. The molecule has 0 aromatic carbocycles. The molecule has 1 aliphatic rings. The smallest absolute Gasteiger partial charge is 0.0697 e. The average Bonchev–Trinajstić information content (AvgIpc) is 2.25. The van der Waals surface area contributed by atoms with Gasteiger partial charge in [0.15, 0.2) is 0 Å². The van der Waals surface area contributed by atoms with Gasteiger partial charge in [0.2, 0.25) is 0 Å². The Morgan fingerprint density at radius 3 is 2.73 bits per heavy atom. The topological polar surface area (TPSA) is 61.7 Å². The third kappa shape index (κ3) is 5.47. The largest absolute Gasteiger partial charge is 0.394 e. The van der Waals surface area contributed by atoms with Crippen molar-refractivity contribution in [3.05, 3.63) is 0 Å². The molecule has 0 unspecified atom stereocenters. The van der Waals surface area contributed by atoms with Gasteiger partial charge in [-0.15, -0.1) is 0 Å². The number of hydrogen-bond acceptors (Lipinski definition) is 4. The van der Waals surface area contributed by atoms with Gasteiger partial charge in [0, 0.05) is 12.6 Å². The van der Waals surface area contributed by atoms with Crippen LogP contribution in [0.3, 0.4) is 0 Å². The Morgan fingerprint density at radius 2 is 2.00 bits per heavy atom. The standard InChI is InChI=1S/C11H23NO3/c13-7-9-15-8-3-6-12-10-4-1-2-5-11(10)14/h10-14H,1-9H2/t10-,11-/m0/s1. The van der Waals surface area contributed by atoms with E-state index in [1.807, 2.05) is 0 Å². The van der Waals surface area contributed by atoms with E-state index in [0.717, 1.165) is 32.2 Å². The van der Waals surface area contributed by atoms with Crippen molar-refractivity contribution < 1.29 is 14.9 Å². The molecular formula is C11H23NO3. The van der Waals surface area contributed by atoms with E-state index in [1.165, 1.54) is 6.42 Å². The van der Waals surface area contributed by atoms with E-state index >= 15 is 0 Å². The van der Waals surface area contributed by atoms with Crippen LogP contribution in [0.4, 0.5) is 0 Å². The molecule has 15 heavy (non-hydrogen) atoms. The highest BCUT2D eigenvalue weighted by molar-refractivity contribution is 4.79. The Hall–Kier alpha value is -0.160. The molecule has 0 aliphatic heterocycles. The van der Waals surface area contributed by atoms with Crippen LogP contribution in [0, 0.1) is 0 Å². The zero-order valence-corrected chi connectivity index (χ0v) is 9.32. The summed E-state index contributed by atoms with van der Waals surface area (Å²) in [6.45, 7) is 2.07. The van der Waals surface area contributed by atoms with E-state index in [4.69, 9.17) is 9.84 Å². The van der Waals surface area contributed by atoms with Crippen LogP contribution >= 0.6 is 0 Å². The SMILES string of the molecule is OCCOCCCN[C@H]1CCCC[C@@H]1O. The summed E-state index contributed by atoms with van der Waals surface area (Å²) in [6, 6.07) is 0.275. The summed E-state index contributed by atoms with van der Waals surface area (Å²) in [5.41, 5.74) is 0. The van der Waals surface area contributed by atoms with Crippen molar-refractivity contribution in [1.82, 2.24) is 5.32 Å². The van der Waals surface area contributed by atoms with Gasteiger partial charge in [0.1, 0.15) is 0 Å². The third-order valence-corrected chi connectivity index (χ3v) is 2.84. The molecule has 4 heteroatoms. The second-order valence-corrected chi connectivity index (χ2v) is 4.10. The number of ether oxygens (including phenoxy) is 1. The fourth-order valence-electron chi connectivity index (χ4n) is 1.98. The van der Waals surface area contributed by atoms with Crippen molar-refractivity contribution >= 4 is 0 Å². The molecule has 4 nitrogen and oxygen atoms in total. The van der Waals surface area contributed by atoms with Gasteiger partial charge in [-0.2, -0.15) is 0 Å². The van der Waals surface area contributed by atoms with Crippen molar-refractivity contribution in [2.45, 2.75) is 44.2 Å². The van der Waals surface area contributed by atoms with Crippen LogP contribution in [0.1, 0.15) is 32.1 Å². The first-order valence-corrected chi connectivity index (χ1v) is 5.94. The normalized spacial score (nSPS) is 26.8. The molecule has 0 spiro atoms. The summed E-state index contributed by atoms with van der Waals surface area (Å²) in [5, 5.41) is 21.5. The lowest BCUT2D eigenvalue weighted by Gasteiger charge is -2.28. The van der Waals surface area contributed by atoms with Crippen molar-refractivity contribution in [2.24, 2.45) is 0 Å². The minimum Gasteiger partial charge on any atom is -0.394 e. The molecule has 1 saturated carbocycles. The maximum atomic E-state index is 9.68. The number of rotatable bonds is 7. The molecule has 0 aromatic heterocycles. The fraction of sp³-hybridized carbons (Fsp3) is 1.00.